The Morgan fingerprint density at radius 2 is 1.57 bits per heavy atom. The molecule has 0 aliphatic carbocycles. The van der Waals surface area contributed by atoms with Crippen LogP contribution >= 0.6 is 0 Å². The van der Waals surface area contributed by atoms with Crippen molar-refractivity contribution in [1.29, 1.82) is 0 Å². The van der Waals surface area contributed by atoms with E-state index in [2.05, 4.69) is 64.9 Å². The largest absolute Gasteiger partial charge is 0.320 e. The highest BCUT2D eigenvalue weighted by molar-refractivity contribution is 6.13. The lowest BCUT2D eigenvalue weighted by atomic mass is 9.97. The second-order valence-corrected chi connectivity index (χ2v) is 5.22. The third-order valence-corrected chi connectivity index (χ3v) is 3.75. The predicted molar refractivity (Wildman–Crippen MR) is 92.5 cm³/mol. The van der Waals surface area contributed by atoms with Crippen molar-refractivity contribution in [3.05, 3.63) is 60.2 Å². The van der Waals surface area contributed by atoms with Gasteiger partial charge in [-0.2, -0.15) is 0 Å². The van der Waals surface area contributed by atoms with Crippen LogP contribution in [-0.2, 0) is 0 Å². The van der Waals surface area contributed by atoms with Gasteiger partial charge in [0.15, 0.2) is 0 Å². The maximum absolute atomic E-state index is 4.61. The number of nitrogens with zero attached hydrogens (tertiary/aromatic N) is 1. The van der Waals surface area contributed by atoms with E-state index in [1.807, 2.05) is 13.3 Å². The molecule has 21 heavy (non-hydrogen) atoms. The Bertz CT molecular complexity index is 721. The van der Waals surface area contributed by atoms with Crippen molar-refractivity contribution < 1.29 is 0 Å². The van der Waals surface area contributed by atoms with Gasteiger partial charge < -0.3 is 5.32 Å². The summed E-state index contributed by atoms with van der Waals surface area (Å²) in [5, 5.41) is 8.24. The van der Waals surface area contributed by atoms with Crippen molar-refractivity contribution in [1.82, 2.24) is 5.32 Å². The van der Waals surface area contributed by atoms with Gasteiger partial charge in [0.25, 0.3) is 0 Å². The van der Waals surface area contributed by atoms with Crippen LogP contribution in [0.5, 0.6) is 0 Å². The first-order valence-electron chi connectivity index (χ1n) is 7.45. The number of fused-ring (bicyclic) bond motifs is 2. The molecule has 0 bridgehead atoms. The summed E-state index contributed by atoms with van der Waals surface area (Å²) in [6.07, 6.45) is 3.11. The predicted octanol–water partition coefficient (Wildman–Crippen LogP) is 4.02. The molecule has 1 N–H and O–H groups in total. The molecule has 0 unspecified atom stereocenters. The number of nitrogens with one attached hydrogen (secondary N) is 1. The number of hydrogen-bond donors (Lipinski definition) is 1. The molecular weight excluding hydrogens is 256 g/mol. The molecule has 0 aromatic heterocycles. The molecule has 3 rings (SSSR count). The number of aliphatic imine (C=N–C) groups is 1. The zero-order chi connectivity index (χ0) is 14.5. The van der Waals surface area contributed by atoms with Crippen molar-refractivity contribution >= 4 is 27.8 Å². The second kappa shape index (κ2) is 6.51. The quantitative estimate of drug-likeness (QED) is 0.425. The fraction of sp³-hybridized carbons (Fsp3) is 0.211. The van der Waals surface area contributed by atoms with E-state index in [1.54, 1.807) is 0 Å². The minimum Gasteiger partial charge on any atom is -0.320 e. The minimum absolute atomic E-state index is 0.860. The third kappa shape index (κ3) is 2.96. The molecule has 0 saturated carbocycles. The standard InChI is InChI=1S/C19H20N2/c1-20-11-6-12-21-14-19-17-9-4-2-7-15(17)13-16-8-3-5-10-18(16)19/h2-5,7-10,13-14,20H,6,11-12H2,1H3. The monoisotopic (exact) mass is 276 g/mol. The summed E-state index contributed by atoms with van der Waals surface area (Å²) in [5.74, 6) is 0. The van der Waals surface area contributed by atoms with Gasteiger partial charge in [0.1, 0.15) is 0 Å². The van der Waals surface area contributed by atoms with E-state index >= 15 is 0 Å². The van der Waals surface area contributed by atoms with Crippen molar-refractivity contribution in [3.63, 3.8) is 0 Å². The van der Waals surface area contributed by atoms with Crippen LogP contribution in [0.2, 0.25) is 0 Å². The van der Waals surface area contributed by atoms with Gasteiger partial charge >= 0.3 is 0 Å². The average molecular weight is 276 g/mol. The highest BCUT2D eigenvalue weighted by Crippen LogP contribution is 2.27. The minimum atomic E-state index is 0.860. The zero-order valence-corrected chi connectivity index (χ0v) is 12.3. The Morgan fingerprint density at radius 3 is 2.19 bits per heavy atom. The van der Waals surface area contributed by atoms with Gasteiger partial charge in [-0.25, -0.2) is 0 Å². The molecule has 2 nitrogen and oxygen atoms in total. The van der Waals surface area contributed by atoms with Gasteiger partial charge in [-0.3, -0.25) is 4.99 Å². The topological polar surface area (TPSA) is 24.4 Å². The summed E-state index contributed by atoms with van der Waals surface area (Å²) >= 11 is 0. The number of hydrogen-bond acceptors (Lipinski definition) is 2. The smallest absolute Gasteiger partial charge is 0.0401 e. The van der Waals surface area contributed by atoms with Crippen molar-refractivity contribution in [3.8, 4) is 0 Å². The average Bonchev–Trinajstić information content (AvgIpc) is 2.53. The molecule has 3 aromatic carbocycles. The molecule has 0 atom stereocenters. The lowest BCUT2D eigenvalue weighted by Gasteiger charge is -2.07. The summed E-state index contributed by atoms with van der Waals surface area (Å²) in [4.78, 5) is 4.61. The van der Waals surface area contributed by atoms with Crippen molar-refractivity contribution in [2.45, 2.75) is 6.42 Å². The summed E-state index contributed by atoms with van der Waals surface area (Å²) in [5.41, 5.74) is 1.23. The molecule has 0 aliphatic heterocycles. The highest BCUT2D eigenvalue weighted by Gasteiger charge is 2.04. The van der Waals surface area contributed by atoms with Gasteiger partial charge in [-0.1, -0.05) is 48.5 Å². The van der Waals surface area contributed by atoms with Crippen LogP contribution in [0.4, 0.5) is 0 Å². The summed E-state index contributed by atoms with van der Waals surface area (Å²) in [7, 11) is 1.97. The van der Waals surface area contributed by atoms with E-state index in [4.69, 9.17) is 0 Å². The fourth-order valence-electron chi connectivity index (χ4n) is 2.69. The summed E-state index contributed by atoms with van der Waals surface area (Å²) in [6.45, 7) is 1.87. The molecule has 0 fully saturated rings. The van der Waals surface area contributed by atoms with E-state index in [1.165, 1.54) is 27.1 Å². The molecule has 0 amide bonds. The normalized spacial score (nSPS) is 11.7. The molecule has 0 spiro atoms. The third-order valence-electron chi connectivity index (χ3n) is 3.75. The van der Waals surface area contributed by atoms with E-state index in [0.717, 1.165) is 19.5 Å². The molecular formula is C19H20N2. The zero-order valence-electron chi connectivity index (χ0n) is 12.3. The molecule has 2 heteroatoms. The van der Waals surface area contributed by atoms with Crippen LogP contribution in [0.15, 0.2) is 59.6 Å². The number of benzene rings is 3. The first kappa shape index (κ1) is 13.8. The lowest BCUT2D eigenvalue weighted by Crippen LogP contribution is -2.08. The SMILES string of the molecule is CNCCCN=Cc1c2ccccc2cc2ccccc12. The fourth-order valence-corrected chi connectivity index (χ4v) is 2.69. The van der Waals surface area contributed by atoms with Crippen LogP contribution < -0.4 is 5.32 Å². The Hall–Kier alpha value is -2.19. The Balaban J connectivity index is 2.07. The second-order valence-electron chi connectivity index (χ2n) is 5.22. The van der Waals surface area contributed by atoms with Gasteiger partial charge in [-0.05, 0) is 47.6 Å². The molecule has 0 heterocycles. The van der Waals surface area contributed by atoms with E-state index < -0.39 is 0 Å². The van der Waals surface area contributed by atoms with Crippen LogP contribution in [0.1, 0.15) is 12.0 Å². The van der Waals surface area contributed by atoms with Crippen LogP contribution in [0.25, 0.3) is 21.5 Å². The summed E-state index contributed by atoms with van der Waals surface area (Å²) < 4.78 is 0. The summed E-state index contributed by atoms with van der Waals surface area (Å²) in [6, 6.07) is 19.3. The van der Waals surface area contributed by atoms with E-state index in [0.29, 0.717) is 0 Å². The van der Waals surface area contributed by atoms with Gasteiger partial charge in [0.2, 0.25) is 0 Å². The Kier molecular flexibility index (Phi) is 4.27. The van der Waals surface area contributed by atoms with Gasteiger partial charge in [0, 0.05) is 18.3 Å². The van der Waals surface area contributed by atoms with Crippen LogP contribution in [0, 0.1) is 0 Å². The highest BCUT2D eigenvalue weighted by atomic mass is 14.8. The van der Waals surface area contributed by atoms with E-state index in [9.17, 15) is 0 Å². The Labute approximate surface area is 125 Å². The van der Waals surface area contributed by atoms with Crippen LogP contribution in [-0.4, -0.2) is 26.4 Å². The number of rotatable bonds is 5. The molecule has 106 valence electrons. The van der Waals surface area contributed by atoms with E-state index in [-0.39, 0.29) is 0 Å². The van der Waals surface area contributed by atoms with Gasteiger partial charge in [-0.15, -0.1) is 0 Å². The van der Waals surface area contributed by atoms with Crippen molar-refractivity contribution in [2.24, 2.45) is 4.99 Å². The molecule has 0 radical (unpaired) electrons. The lowest BCUT2D eigenvalue weighted by molar-refractivity contribution is 0.735. The molecule has 0 saturated heterocycles. The maximum Gasteiger partial charge on any atom is 0.0401 e. The molecule has 3 aromatic rings. The first-order chi connectivity index (χ1) is 10.4. The van der Waals surface area contributed by atoms with Crippen molar-refractivity contribution in [2.75, 3.05) is 20.1 Å². The Morgan fingerprint density at radius 1 is 0.952 bits per heavy atom. The maximum atomic E-state index is 4.61. The molecule has 0 aliphatic rings. The first-order valence-corrected chi connectivity index (χ1v) is 7.45. The van der Waals surface area contributed by atoms with Gasteiger partial charge in [0.05, 0.1) is 0 Å². The van der Waals surface area contributed by atoms with Crippen LogP contribution in [0.3, 0.4) is 0 Å².